The van der Waals surface area contributed by atoms with Crippen molar-refractivity contribution in [2.24, 2.45) is 17.8 Å². The van der Waals surface area contributed by atoms with E-state index in [0.717, 1.165) is 0 Å². The molecule has 1 saturated heterocycles. The quantitative estimate of drug-likeness (QED) is 0.652. The first-order valence-corrected chi connectivity index (χ1v) is 4.84. The maximum absolute atomic E-state index is 9.06. The summed E-state index contributed by atoms with van der Waals surface area (Å²) in [7, 11) is 0. The Morgan fingerprint density at radius 2 is 1.58 bits per heavy atom. The number of aliphatic hydroxyl groups excluding tert-OH is 1. The van der Waals surface area contributed by atoms with E-state index in [0.29, 0.717) is 17.8 Å². The van der Waals surface area contributed by atoms with Crippen molar-refractivity contribution in [2.75, 3.05) is 6.61 Å². The van der Waals surface area contributed by atoms with Gasteiger partial charge in [0.25, 0.3) is 0 Å². The third kappa shape index (κ3) is 1.64. The van der Waals surface area contributed by atoms with E-state index >= 15 is 0 Å². The van der Waals surface area contributed by atoms with Gasteiger partial charge in [-0.05, 0) is 24.7 Å². The highest BCUT2D eigenvalue weighted by molar-refractivity contribution is 4.83. The molecule has 2 heteroatoms. The molecule has 12 heavy (non-hydrogen) atoms. The van der Waals surface area contributed by atoms with Crippen LogP contribution in [0.1, 0.15) is 27.7 Å². The van der Waals surface area contributed by atoms with Gasteiger partial charge >= 0.3 is 0 Å². The third-order valence-corrected chi connectivity index (χ3v) is 3.55. The van der Waals surface area contributed by atoms with Gasteiger partial charge in [-0.2, -0.15) is 0 Å². The molecule has 1 N–H and O–H groups in total. The van der Waals surface area contributed by atoms with Gasteiger partial charge in [-0.1, -0.05) is 20.8 Å². The monoisotopic (exact) mass is 172 g/mol. The zero-order valence-corrected chi connectivity index (χ0v) is 8.45. The fraction of sp³-hybridized carbons (Fsp3) is 1.00. The highest BCUT2D eigenvalue weighted by atomic mass is 16.5. The summed E-state index contributed by atoms with van der Waals surface area (Å²) in [5, 5.41) is 9.06. The van der Waals surface area contributed by atoms with E-state index < -0.39 is 0 Å². The molecular weight excluding hydrogens is 152 g/mol. The van der Waals surface area contributed by atoms with Crippen LogP contribution in [0.3, 0.4) is 0 Å². The molecule has 2 nitrogen and oxygen atoms in total. The van der Waals surface area contributed by atoms with Crippen LogP contribution in [0.4, 0.5) is 0 Å². The second kappa shape index (κ2) is 3.75. The molecule has 0 aromatic heterocycles. The first-order chi connectivity index (χ1) is 5.57. The summed E-state index contributed by atoms with van der Waals surface area (Å²) in [5.41, 5.74) is 0. The molecule has 0 aromatic carbocycles. The summed E-state index contributed by atoms with van der Waals surface area (Å²) in [5.74, 6) is 1.72. The SMILES string of the molecule is C[C@@H]1[C@H](C)[C@@H](C)O[C@H](CO)[C@H]1C. The smallest absolute Gasteiger partial charge is 0.0837 e. The van der Waals surface area contributed by atoms with E-state index in [9.17, 15) is 0 Å². The summed E-state index contributed by atoms with van der Waals surface area (Å²) in [6.07, 6.45) is 0.333. The zero-order valence-electron chi connectivity index (χ0n) is 8.45. The molecule has 1 heterocycles. The number of rotatable bonds is 1. The predicted molar refractivity (Wildman–Crippen MR) is 48.9 cm³/mol. The minimum atomic E-state index is 0.0474. The van der Waals surface area contributed by atoms with Gasteiger partial charge in [0.2, 0.25) is 0 Å². The largest absolute Gasteiger partial charge is 0.394 e. The Bertz CT molecular complexity index is 142. The van der Waals surface area contributed by atoms with Crippen molar-refractivity contribution >= 4 is 0 Å². The molecule has 0 aromatic rings. The average Bonchev–Trinajstić information content (AvgIpc) is 2.08. The Morgan fingerprint density at radius 1 is 1.00 bits per heavy atom. The van der Waals surface area contributed by atoms with Crippen molar-refractivity contribution in [3.8, 4) is 0 Å². The molecule has 1 fully saturated rings. The molecule has 0 radical (unpaired) electrons. The molecule has 5 atom stereocenters. The van der Waals surface area contributed by atoms with E-state index in [1.54, 1.807) is 0 Å². The van der Waals surface area contributed by atoms with Crippen molar-refractivity contribution in [3.05, 3.63) is 0 Å². The van der Waals surface area contributed by atoms with Gasteiger partial charge in [0, 0.05) is 0 Å². The number of hydrogen-bond donors (Lipinski definition) is 1. The van der Waals surface area contributed by atoms with Crippen LogP contribution < -0.4 is 0 Å². The highest BCUT2D eigenvalue weighted by Gasteiger charge is 2.36. The summed E-state index contributed by atoms with van der Waals surface area (Å²) in [4.78, 5) is 0. The molecule has 0 unspecified atom stereocenters. The van der Waals surface area contributed by atoms with Crippen LogP contribution in [0.15, 0.2) is 0 Å². The number of aliphatic hydroxyl groups is 1. The van der Waals surface area contributed by atoms with Gasteiger partial charge in [-0.25, -0.2) is 0 Å². The molecule has 0 spiro atoms. The first kappa shape index (κ1) is 10.0. The van der Waals surface area contributed by atoms with Crippen molar-refractivity contribution in [2.45, 2.75) is 39.9 Å². The van der Waals surface area contributed by atoms with E-state index in [4.69, 9.17) is 9.84 Å². The Kier molecular flexibility index (Phi) is 3.13. The van der Waals surface area contributed by atoms with Crippen LogP contribution in [0.25, 0.3) is 0 Å². The van der Waals surface area contributed by atoms with Gasteiger partial charge in [0.1, 0.15) is 0 Å². The number of ether oxygens (including phenoxy) is 1. The molecule has 1 aliphatic rings. The lowest BCUT2D eigenvalue weighted by atomic mass is 9.77. The predicted octanol–water partition coefficient (Wildman–Crippen LogP) is 1.67. The van der Waals surface area contributed by atoms with Crippen molar-refractivity contribution in [1.29, 1.82) is 0 Å². The fourth-order valence-electron chi connectivity index (χ4n) is 1.98. The summed E-state index contributed by atoms with van der Waals surface area (Å²) in [6, 6.07) is 0. The lowest BCUT2D eigenvalue weighted by Gasteiger charge is -2.41. The zero-order chi connectivity index (χ0) is 9.30. The van der Waals surface area contributed by atoms with Crippen LogP contribution in [-0.2, 0) is 4.74 Å². The van der Waals surface area contributed by atoms with Crippen molar-refractivity contribution < 1.29 is 9.84 Å². The Hall–Kier alpha value is -0.0800. The lowest BCUT2D eigenvalue weighted by molar-refractivity contribution is -0.140. The second-order valence-electron chi connectivity index (χ2n) is 4.14. The second-order valence-corrected chi connectivity index (χ2v) is 4.14. The first-order valence-electron chi connectivity index (χ1n) is 4.84. The van der Waals surface area contributed by atoms with Gasteiger partial charge in [0.15, 0.2) is 0 Å². The topological polar surface area (TPSA) is 29.5 Å². The third-order valence-electron chi connectivity index (χ3n) is 3.55. The van der Waals surface area contributed by atoms with Crippen LogP contribution in [0.5, 0.6) is 0 Å². The molecule has 0 amide bonds. The van der Waals surface area contributed by atoms with E-state index in [1.165, 1.54) is 0 Å². The molecule has 0 aliphatic carbocycles. The van der Waals surface area contributed by atoms with Gasteiger partial charge in [0.05, 0.1) is 18.8 Å². The van der Waals surface area contributed by atoms with Crippen LogP contribution in [0.2, 0.25) is 0 Å². The van der Waals surface area contributed by atoms with Gasteiger partial charge < -0.3 is 9.84 Å². The van der Waals surface area contributed by atoms with Gasteiger partial charge in [-0.3, -0.25) is 0 Å². The maximum atomic E-state index is 9.06. The van der Waals surface area contributed by atoms with Crippen LogP contribution in [0, 0.1) is 17.8 Å². The van der Waals surface area contributed by atoms with E-state index in [-0.39, 0.29) is 18.8 Å². The molecule has 0 saturated carbocycles. The Labute approximate surface area is 74.9 Å². The molecule has 72 valence electrons. The summed E-state index contributed by atoms with van der Waals surface area (Å²) >= 11 is 0. The van der Waals surface area contributed by atoms with Crippen LogP contribution in [-0.4, -0.2) is 23.9 Å². The number of hydrogen-bond acceptors (Lipinski definition) is 2. The van der Waals surface area contributed by atoms with E-state index in [1.807, 2.05) is 0 Å². The Balaban J connectivity index is 2.63. The Morgan fingerprint density at radius 3 is 2.08 bits per heavy atom. The van der Waals surface area contributed by atoms with Gasteiger partial charge in [-0.15, -0.1) is 0 Å². The molecule has 1 rings (SSSR count). The van der Waals surface area contributed by atoms with Crippen molar-refractivity contribution in [1.82, 2.24) is 0 Å². The molecule has 1 aliphatic heterocycles. The standard InChI is InChI=1S/C10H20O2/c1-6-7(2)9(4)12-10(5-11)8(6)3/h6-11H,5H2,1-4H3/t6-,7+,8+,9-,10-/m1/s1. The average molecular weight is 172 g/mol. The van der Waals surface area contributed by atoms with Crippen molar-refractivity contribution in [3.63, 3.8) is 0 Å². The maximum Gasteiger partial charge on any atom is 0.0837 e. The normalized spacial score (nSPS) is 49.2. The minimum Gasteiger partial charge on any atom is -0.394 e. The van der Waals surface area contributed by atoms with E-state index in [2.05, 4.69) is 27.7 Å². The molecular formula is C10H20O2. The fourth-order valence-corrected chi connectivity index (χ4v) is 1.98. The highest BCUT2D eigenvalue weighted by Crippen LogP contribution is 2.34. The minimum absolute atomic E-state index is 0.0474. The lowest BCUT2D eigenvalue weighted by Crippen LogP contribution is -2.44. The van der Waals surface area contributed by atoms with Crippen LogP contribution >= 0.6 is 0 Å². The summed E-state index contributed by atoms with van der Waals surface area (Å²) < 4.78 is 5.68. The summed E-state index contributed by atoms with van der Waals surface area (Å²) in [6.45, 7) is 8.88. The molecule has 0 bridgehead atoms.